The highest BCUT2D eigenvalue weighted by atomic mass is 79.9. The summed E-state index contributed by atoms with van der Waals surface area (Å²) in [6, 6.07) is 5.73. The van der Waals surface area contributed by atoms with Crippen molar-refractivity contribution in [3.63, 3.8) is 0 Å². The molecule has 0 bridgehead atoms. The van der Waals surface area contributed by atoms with E-state index < -0.39 is 5.41 Å². The van der Waals surface area contributed by atoms with Crippen LogP contribution in [0.2, 0.25) is 0 Å². The van der Waals surface area contributed by atoms with E-state index >= 15 is 0 Å². The van der Waals surface area contributed by atoms with Crippen molar-refractivity contribution in [2.24, 2.45) is 0 Å². The number of nitrogens with zero attached hydrogens (tertiary/aromatic N) is 1. The van der Waals surface area contributed by atoms with Crippen LogP contribution in [0.25, 0.3) is 0 Å². The van der Waals surface area contributed by atoms with E-state index in [1.165, 1.54) is 11.8 Å². The zero-order valence-electron chi connectivity index (χ0n) is 10.8. The first-order valence-electron chi connectivity index (χ1n) is 6.13. The maximum Gasteiger partial charge on any atom is 0.244 e. The minimum atomic E-state index is -0.540. The van der Waals surface area contributed by atoms with Crippen LogP contribution in [0.5, 0.6) is 0 Å². The monoisotopic (exact) mass is 309 g/mol. The van der Waals surface area contributed by atoms with E-state index in [0.717, 1.165) is 15.7 Å². The highest BCUT2D eigenvalue weighted by molar-refractivity contribution is 9.10. The Morgan fingerprint density at radius 3 is 2.44 bits per heavy atom. The fourth-order valence-corrected chi connectivity index (χ4v) is 3.13. The average Bonchev–Trinajstić information content (AvgIpc) is 2.57. The Morgan fingerprint density at radius 2 is 1.94 bits per heavy atom. The largest absolute Gasteiger partial charge is 0.274 e. The van der Waals surface area contributed by atoms with E-state index in [1.807, 2.05) is 32.0 Å². The van der Waals surface area contributed by atoms with Gasteiger partial charge in [-0.3, -0.25) is 9.59 Å². The van der Waals surface area contributed by atoms with Crippen LogP contribution in [0.15, 0.2) is 22.7 Å². The van der Waals surface area contributed by atoms with Crippen LogP contribution in [-0.4, -0.2) is 11.8 Å². The second kappa shape index (κ2) is 4.50. The third-order valence-corrected chi connectivity index (χ3v) is 4.34. The molecule has 1 aromatic carbocycles. The molecule has 0 aliphatic carbocycles. The number of rotatable bonds is 2. The van der Waals surface area contributed by atoms with Gasteiger partial charge in [-0.05, 0) is 30.5 Å². The van der Waals surface area contributed by atoms with Crippen molar-refractivity contribution in [2.75, 3.05) is 4.90 Å². The van der Waals surface area contributed by atoms with Gasteiger partial charge in [0.15, 0.2) is 0 Å². The average molecular weight is 310 g/mol. The fraction of sp³-hybridized carbons (Fsp3) is 0.429. The van der Waals surface area contributed by atoms with E-state index in [2.05, 4.69) is 15.9 Å². The Balaban J connectivity index is 2.72. The molecule has 0 spiro atoms. The fourth-order valence-electron chi connectivity index (χ4n) is 2.78. The topological polar surface area (TPSA) is 37.4 Å². The predicted octanol–water partition coefficient (Wildman–Crippen LogP) is 3.40. The van der Waals surface area contributed by atoms with Crippen LogP contribution in [0.4, 0.5) is 5.69 Å². The number of anilines is 1. The maximum atomic E-state index is 12.6. The van der Waals surface area contributed by atoms with Crippen molar-refractivity contribution < 1.29 is 9.59 Å². The molecule has 0 unspecified atom stereocenters. The minimum absolute atomic E-state index is 0.0897. The molecule has 0 aromatic heterocycles. The van der Waals surface area contributed by atoms with Gasteiger partial charge in [0.05, 0.1) is 11.1 Å². The second-order valence-corrected chi connectivity index (χ2v) is 5.53. The quantitative estimate of drug-likeness (QED) is 0.839. The number of carbonyl (C=O) groups excluding carboxylic acids is 2. The maximum absolute atomic E-state index is 12.6. The molecule has 18 heavy (non-hydrogen) atoms. The molecule has 0 N–H and O–H groups in total. The first kappa shape index (κ1) is 13.3. The lowest BCUT2D eigenvalue weighted by molar-refractivity contribution is -0.128. The van der Waals surface area contributed by atoms with Gasteiger partial charge in [0.25, 0.3) is 0 Å². The molecule has 2 rings (SSSR count). The summed E-state index contributed by atoms with van der Waals surface area (Å²) >= 11 is 3.39. The molecule has 0 saturated carbocycles. The van der Waals surface area contributed by atoms with E-state index in [1.54, 1.807) is 0 Å². The van der Waals surface area contributed by atoms with Gasteiger partial charge in [-0.25, -0.2) is 4.90 Å². The van der Waals surface area contributed by atoms with Crippen molar-refractivity contribution in [1.82, 2.24) is 0 Å². The first-order chi connectivity index (χ1) is 8.47. The predicted molar refractivity (Wildman–Crippen MR) is 74.6 cm³/mol. The lowest BCUT2D eigenvalue weighted by atomic mass is 9.77. The molecule has 0 atom stereocenters. The highest BCUT2D eigenvalue weighted by Crippen LogP contribution is 2.47. The number of amides is 2. The molecule has 4 heteroatoms. The molecule has 1 aliphatic rings. The lowest BCUT2D eigenvalue weighted by Crippen LogP contribution is -2.41. The second-order valence-electron chi connectivity index (χ2n) is 4.61. The summed E-state index contributed by atoms with van der Waals surface area (Å²) in [5, 5.41) is 0. The number of halogens is 1. The summed E-state index contributed by atoms with van der Waals surface area (Å²) < 4.78 is 0.878. The van der Waals surface area contributed by atoms with Gasteiger partial charge in [-0.1, -0.05) is 35.8 Å². The normalized spacial score (nSPS) is 16.9. The Bertz CT molecular complexity index is 521. The first-order valence-corrected chi connectivity index (χ1v) is 6.92. The molecular formula is C14H16BrNO2. The van der Waals surface area contributed by atoms with Crippen molar-refractivity contribution in [3.8, 4) is 0 Å². The summed E-state index contributed by atoms with van der Waals surface area (Å²) in [5.74, 6) is -0.309. The van der Waals surface area contributed by atoms with Crippen LogP contribution in [-0.2, 0) is 15.0 Å². The van der Waals surface area contributed by atoms with Gasteiger partial charge in [0.2, 0.25) is 11.8 Å². The Morgan fingerprint density at radius 1 is 1.33 bits per heavy atom. The Labute approximate surface area is 115 Å². The standard InChI is InChI=1S/C14H16BrNO2/c1-4-14(5-2)11-7-6-10(15)8-12(11)16(9(3)17)13(14)18/h6-8H,4-5H2,1-3H3. The minimum Gasteiger partial charge on any atom is -0.274 e. The molecule has 96 valence electrons. The number of hydrogen-bond donors (Lipinski definition) is 0. The van der Waals surface area contributed by atoms with Gasteiger partial charge < -0.3 is 0 Å². The van der Waals surface area contributed by atoms with E-state index in [-0.39, 0.29) is 11.8 Å². The molecule has 1 aromatic rings. The molecule has 0 fully saturated rings. The molecule has 1 aliphatic heterocycles. The van der Waals surface area contributed by atoms with Gasteiger partial charge >= 0.3 is 0 Å². The van der Waals surface area contributed by atoms with Crippen molar-refractivity contribution >= 4 is 33.4 Å². The van der Waals surface area contributed by atoms with Crippen LogP contribution in [0.3, 0.4) is 0 Å². The summed E-state index contributed by atoms with van der Waals surface area (Å²) in [6.07, 6.45) is 1.42. The zero-order chi connectivity index (χ0) is 13.5. The smallest absolute Gasteiger partial charge is 0.244 e. The molecule has 3 nitrogen and oxygen atoms in total. The summed E-state index contributed by atoms with van der Waals surface area (Å²) in [6.45, 7) is 5.43. The van der Waals surface area contributed by atoms with Crippen molar-refractivity contribution in [2.45, 2.75) is 39.0 Å². The number of benzene rings is 1. The van der Waals surface area contributed by atoms with Crippen molar-refractivity contribution in [1.29, 1.82) is 0 Å². The molecule has 0 radical (unpaired) electrons. The third kappa shape index (κ3) is 1.62. The molecule has 2 amide bonds. The Hall–Kier alpha value is -1.16. The van der Waals surface area contributed by atoms with E-state index in [4.69, 9.17) is 0 Å². The lowest BCUT2D eigenvalue weighted by Gasteiger charge is -2.25. The van der Waals surface area contributed by atoms with Crippen LogP contribution < -0.4 is 4.90 Å². The number of imide groups is 1. The van der Waals surface area contributed by atoms with Gasteiger partial charge in [-0.2, -0.15) is 0 Å². The number of fused-ring (bicyclic) bond motifs is 1. The highest BCUT2D eigenvalue weighted by Gasteiger charge is 2.49. The van der Waals surface area contributed by atoms with Gasteiger partial charge in [-0.15, -0.1) is 0 Å². The summed E-state index contributed by atoms with van der Waals surface area (Å²) in [7, 11) is 0. The summed E-state index contributed by atoms with van der Waals surface area (Å²) in [4.78, 5) is 25.6. The van der Waals surface area contributed by atoms with Crippen LogP contribution in [0.1, 0.15) is 39.2 Å². The van der Waals surface area contributed by atoms with Crippen LogP contribution in [0, 0.1) is 0 Å². The number of carbonyl (C=O) groups is 2. The van der Waals surface area contributed by atoms with Gasteiger partial charge in [0.1, 0.15) is 0 Å². The zero-order valence-corrected chi connectivity index (χ0v) is 12.4. The molecule has 0 saturated heterocycles. The van der Waals surface area contributed by atoms with E-state index in [9.17, 15) is 9.59 Å². The third-order valence-electron chi connectivity index (χ3n) is 3.85. The van der Waals surface area contributed by atoms with Crippen molar-refractivity contribution in [3.05, 3.63) is 28.2 Å². The molecular weight excluding hydrogens is 294 g/mol. The molecule has 1 heterocycles. The summed E-state index contributed by atoms with van der Waals surface area (Å²) in [5.41, 5.74) is 1.16. The van der Waals surface area contributed by atoms with Crippen LogP contribution >= 0.6 is 15.9 Å². The van der Waals surface area contributed by atoms with E-state index in [0.29, 0.717) is 12.8 Å². The number of hydrogen-bond acceptors (Lipinski definition) is 2. The Kier molecular flexibility index (Phi) is 3.32. The van der Waals surface area contributed by atoms with Gasteiger partial charge in [0, 0.05) is 11.4 Å². The SMILES string of the molecule is CCC1(CC)C(=O)N(C(C)=O)c2cc(Br)ccc21.